The Morgan fingerprint density at radius 3 is 2.52 bits per heavy atom. The van der Waals surface area contributed by atoms with E-state index in [1.807, 2.05) is 0 Å². The fraction of sp³-hybridized carbons (Fsp3) is 0.385. The summed E-state index contributed by atoms with van der Waals surface area (Å²) in [6.45, 7) is 0.560. The lowest BCUT2D eigenvalue weighted by Gasteiger charge is -2.20. The van der Waals surface area contributed by atoms with Crippen molar-refractivity contribution < 1.29 is 28.2 Å². The number of methoxy groups -OCH3 is 1. The van der Waals surface area contributed by atoms with Gasteiger partial charge in [0, 0.05) is 13.1 Å². The van der Waals surface area contributed by atoms with E-state index in [0.717, 1.165) is 12.1 Å². The summed E-state index contributed by atoms with van der Waals surface area (Å²) in [5.41, 5.74) is -0.730. The summed E-state index contributed by atoms with van der Waals surface area (Å²) in [5.74, 6) is -3.27. The average molecular weight is 300 g/mol. The number of carbonyl (C=O) groups is 2. The molecule has 6 nitrogen and oxygen atoms in total. The summed E-state index contributed by atoms with van der Waals surface area (Å²) in [5, 5.41) is 11.3. The van der Waals surface area contributed by atoms with Gasteiger partial charge in [0.15, 0.2) is 0 Å². The van der Waals surface area contributed by atoms with E-state index in [9.17, 15) is 18.4 Å². The second kappa shape index (κ2) is 5.94. The van der Waals surface area contributed by atoms with Gasteiger partial charge in [-0.2, -0.15) is 0 Å². The quantitative estimate of drug-likeness (QED) is 0.886. The van der Waals surface area contributed by atoms with Crippen molar-refractivity contribution in [3.8, 4) is 0 Å². The van der Waals surface area contributed by atoms with Crippen molar-refractivity contribution in [2.75, 3.05) is 25.1 Å². The van der Waals surface area contributed by atoms with E-state index in [4.69, 9.17) is 5.11 Å². The van der Waals surface area contributed by atoms with Crippen LogP contribution in [-0.2, 0) is 4.74 Å². The zero-order valence-corrected chi connectivity index (χ0v) is 11.2. The van der Waals surface area contributed by atoms with Crippen molar-refractivity contribution in [3.63, 3.8) is 0 Å². The predicted molar refractivity (Wildman–Crippen MR) is 69.5 cm³/mol. The van der Waals surface area contributed by atoms with Crippen LogP contribution >= 0.6 is 0 Å². The fourth-order valence-corrected chi connectivity index (χ4v) is 2.30. The van der Waals surface area contributed by atoms with Crippen molar-refractivity contribution in [2.45, 2.75) is 12.5 Å². The second-order valence-electron chi connectivity index (χ2n) is 4.66. The van der Waals surface area contributed by atoms with Crippen LogP contribution in [0.1, 0.15) is 16.8 Å². The molecule has 8 heteroatoms. The minimum Gasteiger partial charge on any atom is -0.478 e. The van der Waals surface area contributed by atoms with Crippen LogP contribution in [0.2, 0.25) is 0 Å². The summed E-state index contributed by atoms with van der Waals surface area (Å²) < 4.78 is 32.3. The summed E-state index contributed by atoms with van der Waals surface area (Å²) in [6.07, 6.45) is -0.0988. The van der Waals surface area contributed by atoms with Crippen molar-refractivity contribution in [2.24, 2.45) is 0 Å². The summed E-state index contributed by atoms with van der Waals surface area (Å²) >= 11 is 0. The summed E-state index contributed by atoms with van der Waals surface area (Å²) in [6, 6.07) is 1.28. The normalized spacial score (nSPS) is 17.7. The number of benzene rings is 1. The molecule has 0 bridgehead atoms. The lowest BCUT2D eigenvalue weighted by atomic mass is 10.1. The van der Waals surface area contributed by atoms with Gasteiger partial charge in [-0.15, -0.1) is 0 Å². The van der Waals surface area contributed by atoms with E-state index in [2.05, 4.69) is 10.1 Å². The number of hydrogen-bond acceptors (Lipinski definition) is 4. The third-order valence-electron chi connectivity index (χ3n) is 3.28. The number of amides is 1. The number of rotatable bonds is 3. The van der Waals surface area contributed by atoms with Crippen molar-refractivity contribution >= 4 is 17.7 Å². The molecule has 114 valence electrons. The highest BCUT2D eigenvalue weighted by Crippen LogP contribution is 2.28. The van der Waals surface area contributed by atoms with Crippen molar-refractivity contribution in [1.29, 1.82) is 0 Å². The van der Waals surface area contributed by atoms with Gasteiger partial charge in [0.1, 0.15) is 17.3 Å². The van der Waals surface area contributed by atoms with Crippen LogP contribution in [-0.4, -0.2) is 43.4 Å². The van der Waals surface area contributed by atoms with Crippen LogP contribution in [0.5, 0.6) is 0 Å². The molecule has 1 aromatic carbocycles. The molecule has 1 aromatic rings. The number of carboxylic acids is 1. The first-order valence-corrected chi connectivity index (χ1v) is 6.24. The molecule has 1 heterocycles. The standard InChI is InChI=1S/C13H14F2N2O4/c1-21-13(20)16-8-2-3-17(6-8)11-9(14)4-7(12(18)19)5-10(11)15/h4-5,8H,2-3,6H2,1H3,(H,16,20)(H,18,19). The molecule has 1 saturated heterocycles. The molecule has 2 rings (SSSR count). The zero-order chi connectivity index (χ0) is 15.6. The van der Waals surface area contributed by atoms with Gasteiger partial charge in [-0.1, -0.05) is 0 Å². The number of carboxylic acid groups (broad SMARTS) is 1. The van der Waals surface area contributed by atoms with Gasteiger partial charge in [0.25, 0.3) is 0 Å². The Kier molecular flexibility index (Phi) is 4.25. The number of ether oxygens (including phenoxy) is 1. The van der Waals surface area contributed by atoms with E-state index in [0.29, 0.717) is 13.0 Å². The molecular formula is C13H14F2N2O4. The largest absolute Gasteiger partial charge is 0.478 e. The number of carbonyl (C=O) groups excluding carboxylic acids is 1. The number of anilines is 1. The minimum absolute atomic E-state index is 0.218. The van der Waals surface area contributed by atoms with E-state index < -0.39 is 29.3 Å². The molecule has 1 amide bonds. The molecular weight excluding hydrogens is 286 g/mol. The third-order valence-corrected chi connectivity index (χ3v) is 3.28. The molecule has 1 fully saturated rings. The number of hydrogen-bond donors (Lipinski definition) is 2. The van der Waals surface area contributed by atoms with Gasteiger partial charge in [-0.05, 0) is 18.6 Å². The molecule has 21 heavy (non-hydrogen) atoms. The van der Waals surface area contributed by atoms with Crippen LogP contribution in [0.3, 0.4) is 0 Å². The Hall–Kier alpha value is -2.38. The topological polar surface area (TPSA) is 78.9 Å². The first-order valence-electron chi connectivity index (χ1n) is 6.24. The Bertz CT molecular complexity index is 556. The molecule has 1 aliphatic heterocycles. The maximum absolute atomic E-state index is 13.9. The first-order chi connectivity index (χ1) is 9.92. The maximum atomic E-state index is 13.9. The van der Waals surface area contributed by atoms with Gasteiger partial charge in [-0.3, -0.25) is 0 Å². The van der Waals surface area contributed by atoms with Gasteiger partial charge in [0.05, 0.1) is 18.7 Å². The molecule has 1 unspecified atom stereocenters. The zero-order valence-electron chi connectivity index (χ0n) is 11.2. The van der Waals surface area contributed by atoms with Gasteiger partial charge >= 0.3 is 12.1 Å². The average Bonchev–Trinajstić information content (AvgIpc) is 2.85. The number of nitrogens with zero attached hydrogens (tertiary/aromatic N) is 1. The monoisotopic (exact) mass is 300 g/mol. The Labute approximate surface area is 119 Å². The second-order valence-corrected chi connectivity index (χ2v) is 4.66. The fourth-order valence-electron chi connectivity index (χ4n) is 2.30. The lowest BCUT2D eigenvalue weighted by molar-refractivity contribution is 0.0695. The predicted octanol–water partition coefficient (Wildman–Crippen LogP) is 1.60. The lowest BCUT2D eigenvalue weighted by Crippen LogP contribution is -2.37. The molecule has 1 atom stereocenters. The smallest absolute Gasteiger partial charge is 0.407 e. The SMILES string of the molecule is COC(=O)NC1CCN(c2c(F)cc(C(=O)O)cc2F)C1. The number of alkyl carbamates (subject to hydrolysis) is 1. The molecule has 2 N–H and O–H groups in total. The van der Waals surface area contributed by atoms with E-state index in [1.54, 1.807) is 0 Å². The van der Waals surface area contributed by atoms with Gasteiger partial charge in [0.2, 0.25) is 0 Å². The van der Waals surface area contributed by atoms with Gasteiger partial charge < -0.3 is 20.1 Å². The van der Waals surface area contributed by atoms with E-state index >= 15 is 0 Å². The number of aromatic carboxylic acids is 1. The van der Waals surface area contributed by atoms with Crippen LogP contribution in [0.25, 0.3) is 0 Å². The molecule has 0 aliphatic carbocycles. The highest BCUT2D eigenvalue weighted by molar-refractivity contribution is 5.88. The third kappa shape index (κ3) is 3.21. The highest BCUT2D eigenvalue weighted by Gasteiger charge is 2.28. The van der Waals surface area contributed by atoms with Crippen LogP contribution in [0.4, 0.5) is 19.3 Å². The van der Waals surface area contributed by atoms with Crippen molar-refractivity contribution in [1.82, 2.24) is 5.32 Å². The molecule has 0 aromatic heterocycles. The Balaban J connectivity index is 2.16. The number of nitrogens with one attached hydrogen (secondary N) is 1. The van der Waals surface area contributed by atoms with E-state index in [1.165, 1.54) is 12.0 Å². The van der Waals surface area contributed by atoms with Crippen molar-refractivity contribution in [3.05, 3.63) is 29.3 Å². The van der Waals surface area contributed by atoms with Crippen LogP contribution in [0.15, 0.2) is 12.1 Å². The Morgan fingerprint density at radius 2 is 2.00 bits per heavy atom. The Morgan fingerprint density at radius 1 is 1.38 bits per heavy atom. The number of halogens is 2. The van der Waals surface area contributed by atoms with Gasteiger partial charge in [-0.25, -0.2) is 18.4 Å². The summed E-state index contributed by atoms with van der Waals surface area (Å²) in [7, 11) is 1.23. The first kappa shape index (κ1) is 15.0. The summed E-state index contributed by atoms with van der Waals surface area (Å²) in [4.78, 5) is 23.3. The molecule has 0 radical (unpaired) electrons. The minimum atomic E-state index is -1.40. The highest BCUT2D eigenvalue weighted by atomic mass is 19.1. The molecule has 0 spiro atoms. The van der Waals surface area contributed by atoms with Crippen LogP contribution in [0, 0.1) is 11.6 Å². The van der Waals surface area contributed by atoms with Crippen LogP contribution < -0.4 is 10.2 Å². The molecule has 1 aliphatic rings. The maximum Gasteiger partial charge on any atom is 0.407 e. The van der Waals surface area contributed by atoms with E-state index in [-0.39, 0.29) is 18.3 Å². The molecule has 0 saturated carbocycles.